The highest BCUT2D eigenvalue weighted by molar-refractivity contribution is 6.01. The number of nitrogens with zero attached hydrogens (tertiary/aromatic N) is 2. The van der Waals surface area contributed by atoms with Crippen molar-refractivity contribution in [3.8, 4) is 0 Å². The Morgan fingerprint density at radius 1 is 1.25 bits per heavy atom. The van der Waals surface area contributed by atoms with Gasteiger partial charge in [0, 0.05) is 5.39 Å². The first-order chi connectivity index (χ1) is 13.3. The number of aromatic carboxylic acids is 1. The highest BCUT2D eigenvalue weighted by Gasteiger charge is 2.33. The molecule has 3 atom stereocenters. The Labute approximate surface area is 163 Å². The molecule has 0 spiro atoms. The molecule has 1 N–H and O–H groups in total. The molecular formula is C21H26N2O5. The maximum atomic E-state index is 12.7. The predicted molar refractivity (Wildman–Crippen MR) is 104 cm³/mol. The summed E-state index contributed by atoms with van der Waals surface area (Å²) >= 11 is 0. The normalized spacial score (nSPS) is 22.4. The van der Waals surface area contributed by atoms with E-state index in [0.29, 0.717) is 11.8 Å². The molecule has 0 radical (unpaired) electrons. The van der Waals surface area contributed by atoms with Crippen LogP contribution in [-0.4, -0.2) is 32.9 Å². The van der Waals surface area contributed by atoms with Crippen molar-refractivity contribution in [1.29, 1.82) is 0 Å². The molecule has 1 aromatic carbocycles. The van der Waals surface area contributed by atoms with Crippen LogP contribution in [0.4, 0.5) is 0 Å². The number of rotatable bonds is 5. The molecule has 2 aromatic rings. The Hall–Kier alpha value is -2.70. The summed E-state index contributed by atoms with van der Waals surface area (Å²) in [6, 6.07) is 6.36. The number of aromatic nitrogens is 2. The number of benzene rings is 1. The van der Waals surface area contributed by atoms with E-state index >= 15 is 0 Å². The SMILES string of the molecule is CC1CCC(C(C)C)C(OC(=O)Cn2nc(C(=O)O)c3ccccc3c2=O)C1. The van der Waals surface area contributed by atoms with Gasteiger partial charge in [0.15, 0.2) is 5.69 Å². The van der Waals surface area contributed by atoms with Crippen molar-refractivity contribution in [1.82, 2.24) is 9.78 Å². The fourth-order valence-electron chi connectivity index (χ4n) is 4.08. The number of fused-ring (bicyclic) bond motifs is 1. The fraction of sp³-hybridized carbons (Fsp3) is 0.524. The summed E-state index contributed by atoms with van der Waals surface area (Å²) in [5.41, 5.74) is -0.760. The first-order valence-corrected chi connectivity index (χ1v) is 9.70. The number of carbonyl (C=O) groups excluding carboxylic acids is 1. The maximum Gasteiger partial charge on any atom is 0.357 e. The first kappa shape index (κ1) is 20.0. The van der Waals surface area contributed by atoms with Gasteiger partial charge in [-0.25, -0.2) is 9.48 Å². The van der Waals surface area contributed by atoms with Crippen LogP contribution in [0, 0.1) is 17.8 Å². The second kappa shape index (κ2) is 8.12. The Morgan fingerprint density at radius 2 is 1.93 bits per heavy atom. The summed E-state index contributed by atoms with van der Waals surface area (Å²) < 4.78 is 6.61. The van der Waals surface area contributed by atoms with Crippen LogP contribution >= 0.6 is 0 Å². The monoisotopic (exact) mass is 386 g/mol. The van der Waals surface area contributed by atoms with Gasteiger partial charge in [0.25, 0.3) is 5.56 Å². The van der Waals surface area contributed by atoms with Crippen molar-refractivity contribution in [3.05, 3.63) is 40.3 Å². The van der Waals surface area contributed by atoms with Crippen molar-refractivity contribution in [2.75, 3.05) is 0 Å². The molecule has 28 heavy (non-hydrogen) atoms. The van der Waals surface area contributed by atoms with Crippen LogP contribution < -0.4 is 5.56 Å². The molecule has 1 saturated carbocycles. The molecule has 0 saturated heterocycles. The molecular weight excluding hydrogens is 360 g/mol. The third kappa shape index (κ3) is 4.08. The Balaban J connectivity index is 1.86. The minimum Gasteiger partial charge on any atom is -0.476 e. The van der Waals surface area contributed by atoms with E-state index in [2.05, 4.69) is 25.9 Å². The number of esters is 1. The Bertz CT molecular complexity index is 949. The summed E-state index contributed by atoms with van der Waals surface area (Å²) in [5.74, 6) is -0.653. The van der Waals surface area contributed by atoms with Gasteiger partial charge in [0.1, 0.15) is 12.6 Å². The molecule has 3 unspecified atom stereocenters. The van der Waals surface area contributed by atoms with E-state index in [1.54, 1.807) is 12.1 Å². The minimum atomic E-state index is -1.25. The second-order valence-electron chi connectivity index (χ2n) is 8.02. The van der Waals surface area contributed by atoms with Crippen molar-refractivity contribution >= 4 is 22.7 Å². The molecule has 1 aromatic heterocycles. The molecule has 0 amide bonds. The largest absolute Gasteiger partial charge is 0.476 e. The van der Waals surface area contributed by atoms with Gasteiger partial charge in [-0.1, -0.05) is 45.4 Å². The van der Waals surface area contributed by atoms with Crippen molar-refractivity contribution in [2.45, 2.75) is 52.7 Å². The van der Waals surface area contributed by atoms with Crippen LogP contribution in [0.1, 0.15) is 50.5 Å². The van der Waals surface area contributed by atoms with E-state index < -0.39 is 24.0 Å². The smallest absolute Gasteiger partial charge is 0.357 e. The number of carboxylic acids is 1. The standard InChI is InChI=1S/C21H26N2O5/c1-12(2)14-9-8-13(3)10-17(14)28-18(24)11-23-20(25)16-7-5-4-6-15(16)19(22-23)21(26)27/h4-7,12-14,17H,8-11H2,1-3H3,(H,26,27). The van der Waals surface area contributed by atoms with Gasteiger partial charge in [0.2, 0.25) is 0 Å². The van der Waals surface area contributed by atoms with Gasteiger partial charge in [-0.2, -0.15) is 5.10 Å². The fourth-order valence-corrected chi connectivity index (χ4v) is 4.08. The van der Waals surface area contributed by atoms with Crippen LogP contribution in [-0.2, 0) is 16.1 Å². The van der Waals surface area contributed by atoms with Gasteiger partial charge in [-0.05, 0) is 36.7 Å². The molecule has 7 nitrogen and oxygen atoms in total. The molecule has 1 heterocycles. The number of hydrogen-bond acceptors (Lipinski definition) is 5. The summed E-state index contributed by atoms with van der Waals surface area (Å²) in [7, 11) is 0. The van der Waals surface area contributed by atoms with Crippen LogP contribution in [0.15, 0.2) is 29.1 Å². The lowest BCUT2D eigenvalue weighted by Crippen LogP contribution is -2.38. The van der Waals surface area contributed by atoms with Crippen molar-refractivity contribution < 1.29 is 19.4 Å². The highest BCUT2D eigenvalue weighted by atomic mass is 16.5. The summed E-state index contributed by atoms with van der Waals surface area (Å²) in [4.78, 5) is 36.8. The van der Waals surface area contributed by atoms with E-state index in [-0.39, 0.29) is 28.5 Å². The highest BCUT2D eigenvalue weighted by Crippen LogP contribution is 2.35. The lowest BCUT2D eigenvalue weighted by Gasteiger charge is -2.36. The lowest BCUT2D eigenvalue weighted by molar-refractivity contribution is -0.157. The maximum absolute atomic E-state index is 12.7. The molecule has 1 aliphatic rings. The molecule has 3 rings (SSSR count). The van der Waals surface area contributed by atoms with Crippen molar-refractivity contribution in [2.24, 2.45) is 17.8 Å². The number of hydrogen-bond donors (Lipinski definition) is 1. The molecule has 1 aliphatic carbocycles. The van der Waals surface area contributed by atoms with Crippen molar-refractivity contribution in [3.63, 3.8) is 0 Å². The summed E-state index contributed by atoms with van der Waals surface area (Å²) in [5, 5.41) is 13.8. The van der Waals surface area contributed by atoms with Gasteiger partial charge in [-0.3, -0.25) is 9.59 Å². The first-order valence-electron chi connectivity index (χ1n) is 9.70. The number of ether oxygens (including phenoxy) is 1. The Kier molecular flexibility index (Phi) is 5.82. The van der Waals surface area contributed by atoms with Crippen LogP contribution in [0.3, 0.4) is 0 Å². The average molecular weight is 386 g/mol. The Morgan fingerprint density at radius 3 is 2.57 bits per heavy atom. The summed E-state index contributed by atoms with van der Waals surface area (Å²) in [6.45, 7) is 5.98. The van der Waals surface area contributed by atoms with Crippen LogP contribution in [0.2, 0.25) is 0 Å². The second-order valence-corrected chi connectivity index (χ2v) is 8.02. The zero-order valence-corrected chi connectivity index (χ0v) is 16.4. The van der Waals surface area contributed by atoms with E-state index in [4.69, 9.17) is 4.74 Å². The van der Waals surface area contributed by atoms with Gasteiger partial charge in [-0.15, -0.1) is 0 Å². The third-order valence-corrected chi connectivity index (χ3v) is 5.59. The quantitative estimate of drug-likeness (QED) is 0.793. The van der Waals surface area contributed by atoms with Gasteiger partial charge >= 0.3 is 11.9 Å². The molecule has 7 heteroatoms. The van der Waals surface area contributed by atoms with Crippen LogP contribution in [0.25, 0.3) is 10.8 Å². The minimum absolute atomic E-state index is 0.189. The van der Waals surface area contributed by atoms with E-state index in [9.17, 15) is 19.5 Å². The average Bonchev–Trinajstić information content (AvgIpc) is 2.63. The van der Waals surface area contributed by atoms with Crippen LogP contribution in [0.5, 0.6) is 0 Å². The number of carbonyl (C=O) groups is 2. The van der Waals surface area contributed by atoms with E-state index in [0.717, 1.165) is 23.9 Å². The topological polar surface area (TPSA) is 98.5 Å². The zero-order chi connectivity index (χ0) is 20.4. The molecule has 1 fully saturated rings. The zero-order valence-electron chi connectivity index (χ0n) is 16.4. The molecule has 150 valence electrons. The predicted octanol–water partition coefficient (Wildman–Crippen LogP) is 3.10. The molecule has 0 bridgehead atoms. The van der Waals surface area contributed by atoms with E-state index in [1.807, 2.05) is 0 Å². The molecule has 0 aliphatic heterocycles. The van der Waals surface area contributed by atoms with E-state index in [1.165, 1.54) is 12.1 Å². The van der Waals surface area contributed by atoms with Gasteiger partial charge < -0.3 is 9.84 Å². The number of carboxylic acid groups (broad SMARTS) is 1. The van der Waals surface area contributed by atoms with Gasteiger partial charge in [0.05, 0.1) is 5.39 Å². The third-order valence-electron chi connectivity index (χ3n) is 5.59. The lowest BCUT2D eigenvalue weighted by atomic mass is 9.75. The summed E-state index contributed by atoms with van der Waals surface area (Å²) in [6.07, 6.45) is 2.74.